The second-order valence-corrected chi connectivity index (χ2v) is 17.3. The normalized spacial score (nSPS) is 24.2. The van der Waals surface area contributed by atoms with Crippen LogP contribution in [0.2, 0.25) is 10.3 Å². The number of carbonyl (C=O) groups is 5. The highest BCUT2D eigenvalue weighted by Crippen LogP contribution is 2.45. The first-order valence-corrected chi connectivity index (χ1v) is 18.0. The molecule has 3 fully saturated rings. The quantitative estimate of drug-likeness (QED) is 0.203. The molecule has 0 bridgehead atoms. The van der Waals surface area contributed by atoms with E-state index in [1.54, 1.807) is 41.5 Å². The number of carbonyl (C=O) groups excluding carboxylic acids is 5. The van der Waals surface area contributed by atoms with Crippen molar-refractivity contribution in [3.8, 4) is 0 Å². The summed E-state index contributed by atoms with van der Waals surface area (Å²) >= 11 is 11.8. The van der Waals surface area contributed by atoms with E-state index in [1.165, 1.54) is 23.1 Å². The molecule has 4 rings (SSSR count). The Labute approximate surface area is 295 Å². The minimum atomic E-state index is -3.93. The van der Waals surface area contributed by atoms with Gasteiger partial charge in [0.1, 0.15) is 39.6 Å². The summed E-state index contributed by atoms with van der Waals surface area (Å²) in [5.41, 5.74) is -3.18. The Hall–Kier alpha value is -3.63. The van der Waals surface area contributed by atoms with Crippen LogP contribution in [0.5, 0.6) is 0 Å². The van der Waals surface area contributed by atoms with Crippen molar-refractivity contribution in [3.63, 3.8) is 0 Å². The number of amides is 5. The van der Waals surface area contributed by atoms with E-state index in [0.29, 0.717) is 12.8 Å². The molecule has 1 saturated heterocycles. The zero-order valence-corrected chi connectivity index (χ0v) is 30.4. The Morgan fingerprint density at radius 2 is 1.67 bits per heavy atom. The Balaban J connectivity index is 1.59. The smallest absolute Gasteiger partial charge is 0.411 e. The lowest BCUT2D eigenvalue weighted by Crippen LogP contribution is -2.60. The average molecular weight is 746 g/mol. The minimum Gasteiger partial charge on any atom is -0.444 e. The first kappa shape index (κ1) is 38.2. The van der Waals surface area contributed by atoms with E-state index in [9.17, 15) is 32.4 Å². The van der Waals surface area contributed by atoms with Crippen molar-refractivity contribution in [1.29, 1.82) is 0 Å². The Kier molecular flexibility index (Phi) is 10.9. The second-order valence-electron chi connectivity index (χ2n) is 14.5. The van der Waals surface area contributed by atoms with Crippen LogP contribution in [0, 0.1) is 11.3 Å². The minimum absolute atomic E-state index is 0.0173. The van der Waals surface area contributed by atoms with E-state index in [0.717, 1.165) is 0 Å². The van der Waals surface area contributed by atoms with Gasteiger partial charge in [0, 0.05) is 12.3 Å². The fraction of sp³-hybridized carbons (Fsp3) is 0.613. The summed E-state index contributed by atoms with van der Waals surface area (Å²) in [7, 11) is -3.93. The summed E-state index contributed by atoms with van der Waals surface area (Å²) in [5.74, 6) is -2.96. The summed E-state index contributed by atoms with van der Waals surface area (Å²) in [6.07, 6.45) is -0.641. The summed E-state index contributed by atoms with van der Waals surface area (Å²) in [6.45, 7) is 13.6. The van der Waals surface area contributed by atoms with E-state index >= 15 is 0 Å². The van der Waals surface area contributed by atoms with Gasteiger partial charge in [0.15, 0.2) is 0 Å². The first-order valence-electron chi connectivity index (χ1n) is 15.7. The molecule has 1 aromatic rings. The molecule has 270 valence electrons. The van der Waals surface area contributed by atoms with Crippen LogP contribution in [0.15, 0.2) is 24.8 Å². The zero-order valence-electron chi connectivity index (χ0n) is 28.1. The number of hydrogen-bond acceptors (Lipinski definition) is 10. The fourth-order valence-electron chi connectivity index (χ4n) is 5.47. The summed E-state index contributed by atoms with van der Waals surface area (Å²) in [4.78, 5) is 72.2. The molecule has 5 amide bonds. The number of anilines is 1. The Morgan fingerprint density at radius 1 is 1.06 bits per heavy atom. The van der Waals surface area contributed by atoms with Crippen LogP contribution in [0.1, 0.15) is 67.2 Å². The number of halogens is 2. The predicted molar refractivity (Wildman–Crippen MR) is 180 cm³/mol. The average Bonchev–Trinajstić information content (AvgIpc) is 3.86. The summed E-state index contributed by atoms with van der Waals surface area (Å²) < 4.78 is 38.2. The Morgan fingerprint density at radius 3 is 2.18 bits per heavy atom. The van der Waals surface area contributed by atoms with Crippen LogP contribution in [-0.2, 0) is 33.9 Å². The van der Waals surface area contributed by atoms with Gasteiger partial charge in [-0.05, 0) is 57.6 Å². The van der Waals surface area contributed by atoms with E-state index in [1.807, 2.05) is 0 Å². The number of sulfonamides is 1. The van der Waals surface area contributed by atoms with Gasteiger partial charge in [-0.1, -0.05) is 50.0 Å². The molecule has 1 unspecified atom stereocenters. The first-order chi connectivity index (χ1) is 22.5. The maximum Gasteiger partial charge on any atom is 0.411 e. The van der Waals surface area contributed by atoms with Gasteiger partial charge in [-0.3, -0.25) is 24.4 Å². The highest BCUT2D eigenvalue weighted by atomic mass is 35.5. The molecule has 49 heavy (non-hydrogen) atoms. The van der Waals surface area contributed by atoms with Gasteiger partial charge in [-0.15, -0.1) is 6.58 Å². The second kappa shape index (κ2) is 13.9. The molecular formula is C31H42Cl2N6O9S. The number of alkyl carbamates (subject to hydrolysis) is 1. The lowest BCUT2D eigenvalue weighted by molar-refractivity contribution is -0.143. The predicted octanol–water partition coefficient (Wildman–Crippen LogP) is 3.52. The molecule has 2 aliphatic carbocycles. The molecule has 0 spiro atoms. The molecule has 0 radical (unpaired) electrons. The van der Waals surface area contributed by atoms with Crippen molar-refractivity contribution < 1.29 is 41.9 Å². The number of pyridine rings is 1. The Bertz CT molecular complexity index is 1620. The number of nitrogens with zero attached hydrogens (tertiary/aromatic N) is 2. The number of likely N-dealkylation sites (tertiary alicyclic amines) is 1. The molecular weight excluding hydrogens is 703 g/mol. The molecule has 4 N–H and O–H groups in total. The molecule has 3 aliphatic rings. The third-order valence-corrected chi connectivity index (χ3v) is 10.4. The van der Waals surface area contributed by atoms with Crippen LogP contribution in [0.3, 0.4) is 0 Å². The zero-order chi connectivity index (χ0) is 36.7. The number of aromatic nitrogens is 1. The van der Waals surface area contributed by atoms with Gasteiger partial charge in [-0.2, -0.15) is 0 Å². The fourth-order valence-corrected chi connectivity index (χ4v) is 7.29. The number of hydrogen-bond donors (Lipinski definition) is 4. The van der Waals surface area contributed by atoms with Crippen LogP contribution in [-0.4, -0.2) is 89.3 Å². The molecule has 2 saturated carbocycles. The highest BCUT2D eigenvalue weighted by Gasteiger charge is 2.62. The molecule has 2 heterocycles. The van der Waals surface area contributed by atoms with Crippen molar-refractivity contribution >= 4 is 68.8 Å². The highest BCUT2D eigenvalue weighted by molar-refractivity contribution is 7.91. The van der Waals surface area contributed by atoms with Gasteiger partial charge in [-0.25, -0.2) is 23.0 Å². The van der Waals surface area contributed by atoms with Crippen molar-refractivity contribution in [3.05, 3.63) is 35.1 Å². The monoisotopic (exact) mass is 744 g/mol. The third-order valence-electron chi connectivity index (χ3n) is 8.15. The summed E-state index contributed by atoms with van der Waals surface area (Å²) in [6, 6.07) is 0.182. The summed E-state index contributed by atoms with van der Waals surface area (Å²) in [5, 5.41) is 7.11. The van der Waals surface area contributed by atoms with Crippen LogP contribution >= 0.6 is 23.2 Å². The lowest BCUT2D eigenvalue weighted by atomic mass is 9.85. The van der Waals surface area contributed by atoms with Crippen molar-refractivity contribution in [2.45, 2.75) is 102 Å². The lowest BCUT2D eigenvalue weighted by Gasteiger charge is -2.36. The maximum absolute atomic E-state index is 14.2. The van der Waals surface area contributed by atoms with Gasteiger partial charge >= 0.3 is 12.2 Å². The molecule has 5 atom stereocenters. The van der Waals surface area contributed by atoms with E-state index < -0.39 is 85.8 Å². The van der Waals surface area contributed by atoms with E-state index in [2.05, 4.69) is 32.2 Å². The topological polar surface area (TPSA) is 202 Å². The van der Waals surface area contributed by atoms with Crippen molar-refractivity contribution in [2.75, 3.05) is 11.9 Å². The molecule has 15 nitrogen and oxygen atoms in total. The van der Waals surface area contributed by atoms with Crippen LogP contribution in [0.4, 0.5) is 15.3 Å². The van der Waals surface area contributed by atoms with Gasteiger partial charge < -0.3 is 25.0 Å². The number of nitrogens with one attached hydrogen (secondary N) is 4. The number of ether oxygens (including phenoxy) is 2. The number of rotatable bonds is 10. The third kappa shape index (κ3) is 9.54. The largest absolute Gasteiger partial charge is 0.444 e. The van der Waals surface area contributed by atoms with E-state index in [-0.39, 0.29) is 35.4 Å². The van der Waals surface area contributed by atoms with Crippen molar-refractivity contribution in [1.82, 2.24) is 25.2 Å². The van der Waals surface area contributed by atoms with Gasteiger partial charge in [0.25, 0.3) is 5.91 Å². The SMILES string of the molecule is C=CC1C[C@]1(NC(=O)[C@@H]1C[C@@H](OC(=O)Nc2cc(Cl)nc(Cl)c2)CN1C(=O)[C@@H](NC(=O)OC(C)(C)C)C(C)(C)C)C(=O)NS(=O)(=O)C1CC1. The molecule has 1 aliphatic heterocycles. The van der Waals surface area contributed by atoms with Crippen molar-refractivity contribution in [2.24, 2.45) is 11.3 Å². The van der Waals surface area contributed by atoms with Crippen LogP contribution < -0.4 is 20.7 Å². The molecule has 1 aromatic heterocycles. The molecule has 18 heteroatoms. The van der Waals surface area contributed by atoms with Gasteiger partial charge in [0.05, 0.1) is 17.5 Å². The van der Waals surface area contributed by atoms with E-state index in [4.69, 9.17) is 32.7 Å². The standard InChI is InChI=1S/C31H42Cl2N6O9S/c1-8-16-14-31(16,26(42)38-49(45,46)19-9-10-19)37-24(40)20-13-18(47-27(43)34-17-11-21(32)35-22(33)12-17)15-39(20)25(41)23(29(2,3)4)36-28(44)48-30(5,6)7/h8,11-12,16,18-20,23H,1,9-10,13-15H2,2-7H3,(H,36,44)(H,37,40)(H,38,42)(H,34,35,43)/t16?,18-,20+,23-,31-/m1/s1. The van der Waals surface area contributed by atoms with Gasteiger partial charge in [0.2, 0.25) is 21.8 Å². The maximum atomic E-state index is 14.2. The molecule has 0 aromatic carbocycles. The van der Waals surface area contributed by atoms with Crippen LogP contribution in [0.25, 0.3) is 0 Å².